The van der Waals surface area contributed by atoms with Gasteiger partial charge in [-0.1, -0.05) is 37.3 Å². The molecular weight excluding hydrogens is 280 g/mol. The van der Waals surface area contributed by atoms with Crippen molar-refractivity contribution in [3.63, 3.8) is 0 Å². The molecule has 0 radical (unpaired) electrons. The number of carbonyl (C=O) groups is 1. The summed E-state index contributed by atoms with van der Waals surface area (Å²) in [7, 11) is 1.91. The van der Waals surface area contributed by atoms with E-state index >= 15 is 0 Å². The quantitative estimate of drug-likeness (QED) is 0.879. The lowest BCUT2D eigenvalue weighted by Gasteiger charge is -2.27. The molecule has 1 aliphatic carbocycles. The summed E-state index contributed by atoms with van der Waals surface area (Å²) in [6.45, 7) is 2.20. The molecular formula is C17H26N2OS. The van der Waals surface area contributed by atoms with E-state index in [1.165, 1.54) is 6.42 Å². The molecule has 2 rings (SSSR count). The molecule has 0 heterocycles. The van der Waals surface area contributed by atoms with Crippen LogP contribution in [-0.2, 0) is 11.2 Å². The van der Waals surface area contributed by atoms with Gasteiger partial charge in [0.1, 0.15) is 0 Å². The number of hydrogen-bond acceptors (Lipinski definition) is 3. The third-order valence-electron chi connectivity index (χ3n) is 4.27. The van der Waals surface area contributed by atoms with Crippen LogP contribution in [0.5, 0.6) is 0 Å². The third kappa shape index (κ3) is 4.48. The summed E-state index contributed by atoms with van der Waals surface area (Å²) in [6.07, 6.45) is 4.05. The summed E-state index contributed by atoms with van der Waals surface area (Å²) in [6, 6.07) is 9.93. The van der Waals surface area contributed by atoms with Gasteiger partial charge in [0.25, 0.3) is 0 Å². The molecule has 1 amide bonds. The number of nitrogens with zero attached hydrogens (tertiary/aromatic N) is 1. The van der Waals surface area contributed by atoms with E-state index < -0.39 is 6.04 Å². The molecule has 0 aromatic heterocycles. The summed E-state index contributed by atoms with van der Waals surface area (Å²) >= 11 is 2.01. The van der Waals surface area contributed by atoms with Crippen LogP contribution in [0.1, 0.15) is 31.7 Å². The minimum Gasteiger partial charge on any atom is -0.341 e. The lowest BCUT2D eigenvalue weighted by Crippen LogP contribution is -2.46. The molecule has 4 heteroatoms. The Morgan fingerprint density at radius 3 is 2.76 bits per heavy atom. The summed E-state index contributed by atoms with van der Waals surface area (Å²) < 4.78 is 0. The monoisotopic (exact) mass is 306 g/mol. The van der Waals surface area contributed by atoms with E-state index in [1.54, 1.807) is 0 Å². The molecule has 1 fully saturated rings. The number of thioether (sulfide) groups is 1. The van der Waals surface area contributed by atoms with E-state index in [9.17, 15) is 4.79 Å². The van der Waals surface area contributed by atoms with Crippen molar-refractivity contribution in [1.82, 2.24) is 4.90 Å². The Kier molecular flexibility index (Phi) is 6.12. The van der Waals surface area contributed by atoms with E-state index in [-0.39, 0.29) is 5.91 Å². The van der Waals surface area contributed by atoms with E-state index in [4.69, 9.17) is 5.73 Å². The van der Waals surface area contributed by atoms with Crippen LogP contribution in [-0.4, -0.2) is 40.9 Å². The van der Waals surface area contributed by atoms with Crippen molar-refractivity contribution in [2.75, 3.05) is 12.8 Å². The topological polar surface area (TPSA) is 46.3 Å². The number of carbonyl (C=O) groups excluding carboxylic acids is 1. The highest BCUT2D eigenvalue weighted by Crippen LogP contribution is 2.32. The van der Waals surface area contributed by atoms with Crippen molar-refractivity contribution in [2.24, 2.45) is 5.73 Å². The smallest absolute Gasteiger partial charge is 0.239 e. The van der Waals surface area contributed by atoms with Gasteiger partial charge < -0.3 is 10.6 Å². The van der Waals surface area contributed by atoms with Gasteiger partial charge >= 0.3 is 0 Å². The molecule has 0 bridgehead atoms. The van der Waals surface area contributed by atoms with Crippen LogP contribution in [0.3, 0.4) is 0 Å². The molecule has 1 saturated carbocycles. The van der Waals surface area contributed by atoms with Crippen LogP contribution in [0.4, 0.5) is 0 Å². The first-order valence-corrected chi connectivity index (χ1v) is 8.84. The van der Waals surface area contributed by atoms with Crippen molar-refractivity contribution < 1.29 is 4.79 Å². The molecule has 1 aliphatic rings. The number of likely N-dealkylation sites (N-methyl/N-ethyl adjacent to an activating group) is 1. The fourth-order valence-electron chi connectivity index (χ4n) is 3.05. The van der Waals surface area contributed by atoms with Gasteiger partial charge in [-0.3, -0.25) is 4.79 Å². The standard InChI is InChI=1S/C17H26N2OS/c1-3-21-15-10-9-14(12-15)19(2)17(20)16(18)11-13-7-5-4-6-8-13/h4-8,14-16H,3,9-12,18H2,1-2H3/t14-,15-,16-/m1/s1. The summed E-state index contributed by atoms with van der Waals surface area (Å²) in [5, 5.41) is 0.709. The Bertz CT molecular complexity index is 451. The van der Waals surface area contributed by atoms with Gasteiger partial charge in [0.2, 0.25) is 5.91 Å². The fourth-order valence-corrected chi connectivity index (χ4v) is 4.19. The predicted molar refractivity (Wildman–Crippen MR) is 90.5 cm³/mol. The van der Waals surface area contributed by atoms with Crippen molar-refractivity contribution in [3.8, 4) is 0 Å². The number of rotatable bonds is 6. The van der Waals surface area contributed by atoms with E-state index in [0.717, 1.165) is 24.2 Å². The zero-order valence-corrected chi connectivity index (χ0v) is 13.8. The van der Waals surface area contributed by atoms with E-state index in [1.807, 2.05) is 54.0 Å². The summed E-state index contributed by atoms with van der Waals surface area (Å²) in [5.41, 5.74) is 7.24. The zero-order valence-electron chi connectivity index (χ0n) is 13.0. The van der Waals surface area contributed by atoms with Gasteiger partial charge in [0, 0.05) is 18.3 Å². The Balaban J connectivity index is 1.87. The Hall–Kier alpha value is -1.00. The second-order valence-electron chi connectivity index (χ2n) is 5.79. The third-order valence-corrected chi connectivity index (χ3v) is 5.50. The van der Waals surface area contributed by atoms with Crippen LogP contribution < -0.4 is 5.73 Å². The molecule has 2 N–H and O–H groups in total. The van der Waals surface area contributed by atoms with Crippen molar-refractivity contribution in [2.45, 2.75) is 49.9 Å². The fraction of sp³-hybridized carbons (Fsp3) is 0.588. The number of amides is 1. The van der Waals surface area contributed by atoms with Gasteiger partial charge in [-0.05, 0) is 37.0 Å². The second-order valence-corrected chi connectivity index (χ2v) is 7.37. The summed E-state index contributed by atoms with van der Waals surface area (Å²) in [4.78, 5) is 14.4. The molecule has 1 aromatic carbocycles. The van der Waals surface area contributed by atoms with E-state index in [2.05, 4.69) is 6.92 Å². The van der Waals surface area contributed by atoms with Crippen LogP contribution in [0.15, 0.2) is 30.3 Å². The largest absolute Gasteiger partial charge is 0.341 e. The molecule has 21 heavy (non-hydrogen) atoms. The minimum absolute atomic E-state index is 0.0750. The molecule has 0 saturated heterocycles. The summed E-state index contributed by atoms with van der Waals surface area (Å²) in [5.74, 6) is 1.23. The van der Waals surface area contributed by atoms with Crippen molar-refractivity contribution in [1.29, 1.82) is 0 Å². The molecule has 116 valence electrons. The SMILES string of the molecule is CCS[C@@H]1CC[C@@H](N(C)C(=O)[C@H](N)Cc2ccccc2)C1. The maximum absolute atomic E-state index is 12.5. The van der Waals surface area contributed by atoms with Crippen molar-refractivity contribution >= 4 is 17.7 Å². The number of nitrogens with two attached hydrogens (primary N) is 1. The first kappa shape index (κ1) is 16.4. The number of hydrogen-bond donors (Lipinski definition) is 1. The van der Waals surface area contributed by atoms with E-state index in [0.29, 0.717) is 17.7 Å². The maximum atomic E-state index is 12.5. The Labute approximate surface area is 132 Å². The number of benzene rings is 1. The highest BCUT2D eigenvalue weighted by molar-refractivity contribution is 7.99. The molecule has 3 nitrogen and oxygen atoms in total. The van der Waals surface area contributed by atoms with Gasteiger partial charge in [-0.15, -0.1) is 0 Å². The van der Waals surface area contributed by atoms with Crippen LogP contribution >= 0.6 is 11.8 Å². The highest BCUT2D eigenvalue weighted by Gasteiger charge is 2.31. The van der Waals surface area contributed by atoms with Gasteiger partial charge in [-0.25, -0.2) is 0 Å². The highest BCUT2D eigenvalue weighted by atomic mass is 32.2. The van der Waals surface area contributed by atoms with Gasteiger partial charge in [-0.2, -0.15) is 11.8 Å². The van der Waals surface area contributed by atoms with Crippen LogP contribution in [0.2, 0.25) is 0 Å². The zero-order chi connectivity index (χ0) is 15.2. The van der Waals surface area contributed by atoms with Crippen molar-refractivity contribution in [3.05, 3.63) is 35.9 Å². The Morgan fingerprint density at radius 1 is 1.38 bits per heavy atom. The van der Waals surface area contributed by atoms with Crippen LogP contribution in [0, 0.1) is 0 Å². The molecule has 3 atom stereocenters. The second kappa shape index (κ2) is 7.85. The molecule has 0 unspecified atom stereocenters. The normalized spacial score (nSPS) is 23.0. The molecule has 0 aliphatic heterocycles. The lowest BCUT2D eigenvalue weighted by atomic mass is 10.0. The maximum Gasteiger partial charge on any atom is 0.239 e. The Morgan fingerprint density at radius 2 is 2.10 bits per heavy atom. The van der Waals surface area contributed by atoms with Gasteiger partial charge in [0.05, 0.1) is 6.04 Å². The molecule has 0 spiro atoms. The average Bonchev–Trinajstić information content (AvgIpc) is 2.95. The van der Waals surface area contributed by atoms with Crippen LogP contribution in [0.25, 0.3) is 0 Å². The lowest BCUT2D eigenvalue weighted by molar-refractivity contribution is -0.133. The molecule has 1 aromatic rings. The average molecular weight is 306 g/mol. The predicted octanol–water partition coefficient (Wildman–Crippen LogP) is 2.69. The van der Waals surface area contributed by atoms with Gasteiger partial charge in [0.15, 0.2) is 0 Å². The first-order valence-electron chi connectivity index (χ1n) is 7.79. The minimum atomic E-state index is -0.435. The first-order chi connectivity index (χ1) is 10.1.